The minimum absolute atomic E-state index is 0.0728. The molecule has 0 atom stereocenters. The third-order valence-corrected chi connectivity index (χ3v) is 3.33. The molecule has 122 valence electrons. The van der Waals surface area contributed by atoms with Gasteiger partial charge in [0.1, 0.15) is 5.60 Å². The van der Waals surface area contributed by atoms with Crippen molar-refractivity contribution in [3.63, 3.8) is 0 Å². The number of halogens is 1. The van der Waals surface area contributed by atoms with E-state index in [1.165, 1.54) is 6.92 Å². The second kappa shape index (κ2) is 7.63. The van der Waals surface area contributed by atoms with Crippen molar-refractivity contribution in [3.05, 3.63) is 28.2 Å². The van der Waals surface area contributed by atoms with Gasteiger partial charge in [-0.2, -0.15) is 0 Å². The third kappa shape index (κ3) is 6.05. The summed E-state index contributed by atoms with van der Waals surface area (Å²) in [4.78, 5) is 25.1. The van der Waals surface area contributed by atoms with Crippen LogP contribution >= 0.6 is 15.9 Å². The Balaban J connectivity index is 2.67. The molecule has 22 heavy (non-hydrogen) atoms. The average molecular weight is 371 g/mol. The quantitative estimate of drug-likeness (QED) is 0.879. The predicted molar refractivity (Wildman–Crippen MR) is 91.1 cm³/mol. The Morgan fingerprint density at radius 3 is 2.45 bits per heavy atom. The number of nitrogens with one attached hydrogen (secondary N) is 1. The number of benzene rings is 1. The van der Waals surface area contributed by atoms with E-state index in [4.69, 9.17) is 4.74 Å². The van der Waals surface area contributed by atoms with Crippen LogP contribution in [0.4, 0.5) is 10.5 Å². The number of alkyl carbamates (subject to hydrolysis) is 1. The van der Waals surface area contributed by atoms with Crippen molar-refractivity contribution in [1.82, 2.24) is 5.32 Å². The number of ether oxygens (including phenoxy) is 1. The molecule has 0 aliphatic carbocycles. The Labute approximate surface area is 140 Å². The average Bonchev–Trinajstić information content (AvgIpc) is 2.33. The van der Waals surface area contributed by atoms with Crippen molar-refractivity contribution in [2.45, 2.75) is 40.2 Å². The van der Waals surface area contributed by atoms with E-state index >= 15 is 0 Å². The molecule has 0 aromatic heterocycles. The van der Waals surface area contributed by atoms with E-state index in [9.17, 15) is 9.59 Å². The number of carbonyl (C=O) groups is 2. The van der Waals surface area contributed by atoms with E-state index in [0.29, 0.717) is 13.1 Å². The van der Waals surface area contributed by atoms with E-state index in [1.807, 2.05) is 25.1 Å². The highest BCUT2D eigenvalue weighted by molar-refractivity contribution is 9.10. The number of nitrogens with zero attached hydrogens (tertiary/aromatic N) is 1. The summed E-state index contributed by atoms with van der Waals surface area (Å²) in [6.45, 7) is 9.58. The molecule has 0 bridgehead atoms. The fourth-order valence-corrected chi connectivity index (χ4v) is 2.43. The van der Waals surface area contributed by atoms with Crippen LogP contribution in [0, 0.1) is 6.92 Å². The fourth-order valence-electron chi connectivity index (χ4n) is 1.95. The second-order valence-electron chi connectivity index (χ2n) is 6.03. The molecule has 2 amide bonds. The van der Waals surface area contributed by atoms with E-state index in [-0.39, 0.29) is 5.91 Å². The van der Waals surface area contributed by atoms with E-state index in [0.717, 1.165) is 15.7 Å². The lowest BCUT2D eigenvalue weighted by Crippen LogP contribution is -2.39. The highest BCUT2D eigenvalue weighted by Crippen LogP contribution is 2.23. The predicted octanol–water partition coefficient (Wildman–Crippen LogP) is 3.64. The van der Waals surface area contributed by atoms with Gasteiger partial charge in [-0.1, -0.05) is 15.9 Å². The van der Waals surface area contributed by atoms with Gasteiger partial charge in [0.15, 0.2) is 0 Å². The zero-order valence-corrected chi connectivity index (χ0v) is 15.3. The molecule has 1 aromatic carbocycles. The molecule has 1 N–H and O–H groups in total. The van der Waals surface area contributed by atoms with Crippen LogP contribution in [0.25, 0.3) is 0 Å². The Kier molecular flexibility index (Phi) is 6.41. The number of rotatable bonds is 4. The van der Waals surface area contributed by atoms with Crippen LogP contribution in [0.1, 0.15) is 33.3 Å². The minimum atomic E-state index is -0.535. The van der Waals surface area contributed by atoms with Crippen molar-refractivity contribution in [2.24, 2.45) is 0 Å². The highest BCUT2D eigenvalue weighted by atomic mass is 79.9. The van der Waals surface area contributed by atoms with Gasteiger partial charge in [-0.25, -0.2) is 4.79 Å². The van der Waals surface area contributed by atoms with Crippen molar-refractivity contribution in [1.29, 1.82) is 0 Å². The van der Waals surface area contributed by atoms with E-state index in [1.54, 1.807) is 25.7 Å². The lowest BCUT2D eigenvalue weighted by atomic mass is 10.2. The second-order valence-corrected chi connectivity index (χ2v) is 6.95. The summed E-state index contributed by atoms with van der Waals surface area (Å²) < 4.78 is 6.13. The van der Waals surface area contributed by atoms with Crippen molar-refractivity contribution in [2.75, 3.05) is 18.0 Å². The molecule has 1 aromatic rings. The first-order chi connectivity index (χ1) is 10.1. The van der Waals surface area contributed by atoms with Gasteiger partial charge < -0.3 is 15.0 Å². The molecule has 0 radical (unpaired) electrons. The van der Waals surface area contributed by atoms with Gasteiger partial charge in [0.05, 0.1) is 0 Å². The van der Waals surface area contributed by atoms with Crippen molar-refractivity contribution < 1.29 is 14.3 Å². The van der Waals surface area contributed by atoms with Gasteiger partial charge in [0, 0.05) is 30.2 Å². The lowest BCUT2D eigenvalue weighted by Gasteiger charge is -2.24. The SMILES string of the molecule is CC(=O)N(CCNC(=O)OC(C)(C)C)c1ccc(Br)cc1C. The topological polar surface area (TPSA) is 58.6 Å². The molecule has 1 rings (SSSR count). The molecule has 0 spiro atoms. The smallest absolute Gasteiger partial charge is 0.407 e. The van der Waals surface area contributed by atoms with Crippen LogP contribution in [0.2, 0.25) is 0 Å². The first kappa shape index (κ1) is 18.5. The molecule has 5 nitrogen and oxygen atoms in total. The number of anilines is 1. The Bertz CT molecular complexity index is 553. The monoisotopic (exact) mass is 370 g/mol. The van der Waals surface area contributed by atoms with Crippen LogP contribution < -0.4 is 10.2 Å². The fraction of sp³-hybridized carbons (Fsp3) is 0.500. The van der Waals surface area contributed by atoms with Crippen LogP contribution in [0.15, 0.2) is 22.7 Å². The molecular weight excluding hydrogens is 348 g/mol. The molecule has 0 saturated carbocycles. The molecule has 0 fully saturated rings. The highest BCUT2D eigenvalue weighted by Gasteiger charge is 2.17. The summed E-state index contributed by atoms with van der Waals surface area (Å²) >= 11 is 3.41. The summed E-state index contributed by atoms with van der Waals surface area (Å²) in [6.07, 6.45) is -0.483. The third-order valence-electron chi connectivity index (χ3n) is 2.83. The first-order valence-corrected chi connectivity index (χ1v) is 7.90. The summed E-state index contributed by atoms with van der Waals surface area (Å²) in [5.41, 5.74) is 1.29. The van der Waals surface area contributed by atoms with Gasteiger partial charge in [-0.15, -0.1) is 0 Å². The van der Waals surface area contributed by atoms with Crippen LogP contribution in [0.5, 0.6) is 0 Å². The zero-order chi connectivity index (χ0) is 16.9. The van der Waals surface area contributed by atoms with Gasteiger partial charge in [-0.3, -0.25) is 4.79 Å². The summed E-state index contributed by atoms with van der Waals surface area (Å²) in [5.74, 6) is -0.0728. The van der Waals surface area contributed by atoms with E-state index < -0.39 is 11.7 Å². The molecular formula is C16H23BrN2O3. The maximum absolute atomic E-state index is 11.9. The summed E-state index contributed by atoms with van der Waals surface area (Å²) in [5, 5.41) is 2.66. The van der Waals surface area contributed by atoms with Crippen molar-refractivity contribution in [3.8, 4) is 0 Å². The zero-order valence-electron chi connectivity index (χ0n) is 13.7. The van der Waals surface area contributed by atoms with Crippen LogP contribution in [-0.2, 0) is 9.53 Å². The van der Waals surface area contributed by atoms with Gasteiger partial charge in [0.25, 0.3) is 0 Å². The number of aryl methyl sites for hydroxylation is 1. The van der Waals surface area contributed by atoms with E-state index in [2.05, 4.69) is 21.2 Å². The summed E-state index contributed by atoms with van der Waals surface area (Å²) in [6, 6.07) is 5.72. The molecule has 0 heterocycles. The maximum atomic E-state index is 11.9. The number of hydrogen-bond acceptors (Lipinski definition) is 3. The Morgan fingerprint density at radius 1 is 1.32 bits per heavy atom. The Morgan fingerprint density at radius 2 is 1.95 bits per heavy atom. The normalized spacial score (nSPS) is 11.0. The molecule has 0 saturated heterocycles. The van der Waals surface area contributed by atoms with Gasteiger partial charge in [-0.05, 0) is 51.5 Å². The number of hydrogen-bond donors (Lipinski definition) is 1. The molecule has 6 heteroatoms. The molecule has 0 unspecified atom stereocenters. The number of amides is 2. The van der Waals surface area contributed by atoms with Crippen LogP contribution in [0.3, 0.4) is 0 Å². The largest absolute Gasteiger partial charge is 0.444 e. The molecule has 0 aliphatic rings. The maximum Gasteiger partial charge on any atom is 0.407 e. The number of carbonyl (C=O) groups excluding carboxylic acids is 2. The Hall–Kier alpha value is -1.56. The van der Waals surface area contributed by atoms with Crippen LogP contribution in [-0.4, -0.2) is 30.7 Å². The van der Waals surface area contributed by atoms with Gasteiger partial charge in [0.2, 0.25) is 5.91 Å². The first-order valence-electron chi connectivity index (χ1n) is 7.11. The molecule has 0 aliphatic heterocycles. The van der Waals surface area contributed by atoms with Crippen molar-refractivity contribution >= 4 is 33.6 Å². The standard InChI is InChI=1S/C16H23BrN2O3/c1-11-10-13(17)6-7-14(11)19(12(2)20)9-8-18-15(21)22-16(3,4)5/h6-7,10H,8-9H2,1-5H3,(H,18,21). The minimum Gasteiger partial charge on any atom is -0.444 e. The van der Waals surface area contributed by atoms with Gasteiger partial charge >= 0.3 is 6.09 Å². The summed E-state index contributed by atoms with van der Waals surface area (Å²) in [7, 11) is 0. The lowest BCUT2D eigenvalue weighted by molar-refractivity contribution is -0.116.